The van der Waals surface area contributed by atoms with Crippen LogP contribution in [0.15, 0.2) is 0 Å². The highest BCUT2D eigenvalue weighted by Gasteiger charge is 2.36. The number of rotatable bonds is 3. The number of aliphatic carboxylic acids is 1. The number of carbonyl (C=O) groups is 1. The summed E-state index contributed by atoms with van der Waals surface area (Å²) in [5, 5.41) is 18.7. The van der Waals surface area contributed by atoms with Gasteiger partial charge in [-0.3, -0.25) is 9.69 Å². The Hall–Kier alpha value is -0.610. The Bertz CT molecular complexity index is 272. The summed E-state index contributed by atoms with van der Waals surface area (Å²) in [6.45, 7) is 2.93. The number of nitrogens with zero attached hydrogens (tertiary/aromatic N) is 1. The van der Waals surface area contributed by atoms with Crippen molar-refractivity contribution in [3.05, 3.63) is 0 Å². The largest absolute Gasteiger partial charge is 0.481 e. The van der Waals surface area contributed by atoms with Crippen LogP contribution in [0.4, 0.5) is 0 Å². The van der Waals surface area contributed by atoms with E-state index in [1.165, 1.54) is 0 Å². The Kier molecular flexibility index (Phi) is 4.05. The van der Waals surface area contributed by atoms with E-state index in [4.69, 9.17) is 5.11 Å². The van der Waals surface area contributed by atoms with Gasteiger partial charge in [0.2, 0.25) is 0 Å². The molecule has 0 spiro atoms. The molecule has 2 rings (SSSR count). The Morgan fingerprint density at radius 3 is 2.41 bits per heavy atom. The Balaban J connectivity index is 1.90. The minimum atomic E-state index is -0.642. The molecular formula is C13H23NO3. The van der Waals surface area contributed by atoms with Gasteiger partial charge < -0.3 is 10.2 Å². The number of aliphatic hydroxyl groups excluding tert-OH is 1. The highest BCUT2D eigenvalue weighted by molar-refractivity contribution is 5.70. The second-order valence-corrected chi connectivity index (χ2v) is 5.53. The molecule has 17 heavy (non-hydrogen) atoms. The average Bonchev–Trinajstić information content (AvgIpc) is 2.78. The van der Waals surface area contributed by atoms with Crippen molar-refractivity contribution in [1.29, 1.82) is 0 Å². The van der Waals surface area contributed by atoms with Crippen molar-refractivity contribution in [3.8, 4) is 0 Å². The van der Waals surface area contributed by atoms with Crippen molar-refractivity contribution in [3.63, 3.8) is 0 Å². The summed E-state index contributed by atoms with van der Waals surface area (Å²) in [5.74, 6) is -0.782. The van der Waals surface area contributed by atoms with E-state index in [-0.39, 0.29) is 12.0 Å². The quantitative estimate of drug-likeness (QED) is 0.785. The maximum Gasteiger partial charge on any atom is 0.306 e. The lowest BCUT2D eigenvalue weighted by atomic mass is 9.85. The first-order valence-electron chi connectivity index (χ1n) is 6.76. The van der Waals surface area contributed by atoms with Gasteiger partial charge in [0.1, 0.15) is 0 Å². The first-order chi connectivity index (χ1) is 8.09. The predicted molar refractivity (Wildman–Crippen MR) is 64.8 cm³/mol. The van der Waals surface area contributed by atoms with Crippen molar-refractivity contribution in [1.82, 2.24) is 4.90 Å². The van der Waals surface area contributed by atoms with E-state index in [2.05, 4.69) is 4.90 Å². The topological polar surface area (TPSA) is 60.8 Å². The summed E-state index contributed by atoms with van der Waals surface area (Å²) >= 11 is 0. The van der Waals surface area contributed by atoms with Gasteiger partial charge in [-0.2, -0.15) is 0 Å². The van der Waals surface area contributed by atoms with Crippen molar-refractivity contribution in [2.24, 2.45) is 5.92 Å². The molecule has 2 fully saturated rings. The predicted octanol–water partition coefficient (Wildman–Crippen LogP) is 1.47. The first kappa shape index (κ1) is 12.8. The molecule has 0 aromatic rings. The van der Waals surface area contributed by atoms with Gasteiger partial charge in [0.05, 0.1) is 12.0 Å². The van der Waals surface area contributed by atoms with E-state index >= 15 is 0 Å². The van der Waals surface area contributed by atoms with Crippen LogP contribution in [0.3, 0.4) is 0 Å². The lowest BCUT2D eigenvalue weighted by Gasteiger charge is -2.38. The fourth-order valence-corrected chi connectivity index (χ4v) is 3.44. The number of hydrogen-bond acceptors (Lipinski definition) is 3. The van der Waals surface area contributed by atoms with Crippen LogP contribution >= 0.6 is 0 Å². The molecule has 0 unspecified atom stereocenters. The van der Waals surface area contributed by atoms with Crippen LogP contribution in [0.25, 0.3) is 0 Å². The van der Waals surface area contributed by atoms with Gasteiger partial charge in [0, 0.05) is 12.1 Å². The highest BCUT2D eigenvalue weighted by atomic mass is 16.4. The number of hydrogen-bond donors (Lipinski definition) is 2. The lowest BCUT2D eigenvalue weighted by Crippen LogP contribution is -2.46. The van der Waals surface area contributed by atoms with E-state index in [0.29, 0.717) is 12.1 Å². The number of carboxylic acid groups (broad SMARTS) is 1. The molecule has 2 aliphatic rings. The van der Waals surface area contributed by atoms with E-state index < -0.39 is 5.97 Å². The summed E-state index contributed by atoms with van der Waals surface area (Å²) in [6, 6.07) is 0.786. The van der Waals surface area contributed by atoms with E-state index in [9.17, 15) is 9.90 Å². The normalized spacial score (nSPS) is 36.9. The van der Waals surface area contributed by atoms with Crippen molar-refractivity contribution in [2.75, 3.05) is 6.54 Å². The smallest absolute Gasteiger partial charge is 0.306 e. The molecule has 1 saturated heterocycles. The van der Waals surface area contributed by atoms with Crippen LogP contribution in [0, 0.1) is 5.92 Å². The molecule has 2 N–H and O–H groups in total. The van der Waals surface area contributed by atoms with Crippen LogP contribution in [-0.4, -0.2) is 45.8 Å². The van der Waals surface area contributed by atoms with Crippen molar-refractivity contribution < 1.29 is 15.0 Å². The molecule has 1 aliphatic carbocycles. The summed E-state index contributed by atoms with van der Waals surface area (Å²) in [6.07, 6.45) is 5.51. The standard InChI is InChI=1S/C13H23NO3/c1-9(15)12-3-2-8-14(12)11-6-4-10(5-7-11)13(16)17/h9-12,15H,2-8H2,1H3,(H,16,17)/t9-,10?,11?,12-/m1/s1. The summed E-state index contributed by atoms with van der Waals surface area (Å²) in [7, 11) is 0. The van der Waals surface area contributed by atoms with E-state index in [1.54, 1.807) is 0 Å². The zero-order chi connectivity index (χ0) is 12.4. The highest BCUT2D eigenvalue weighted by Crippen LogP contribution is 2.32. The summed E-state index contributed by atoms with van der Waals surface area (Å²) in [4.78, 5) is 13.3. The van der Waals surface area contributed by atoms with Crippen LogP contribution in [0.5, 0.6) is 0 Å². The fraction of sp³-hybridized carbons (Fsp3) is 0.923. The van der Waals surface area contributed by atoms with Crippen LogP contribution in [0.2, 0.25) is 0 Å². The monoisotopic (exact) mass is 241 g/mol. The number of likely N-dealkylation sites (tertiary alicyclic amines) is 1. The number of carboxylic acids is 1. The van der Waals surface area contributed by atoms with Crippen LogP contribution in [0.1, 0.15) is 45.4 Å². The van der Waals surface area contributed by atoms with Gasteiger partial charge in [0.25, 0.3) is 0 Å². The summed E-state index contributed by atoms with van der Waals surface area (Å²) in [5.41, 5.74) is 0. The minimum Gasteiger partial charge on any atom is -0.481 e. The second-order valence-electron chi connectivity index (χ2n) is 5.53. The molecule has 0 radical (unpaired) electrons. The molecule has 4 heteroatoms. The van der Waals surface area contributed by atoms with Gasteiger partial charge in [-0.05, 0) is 52.0 Å². The molecule has 1 saturated carbocycles. The summed E-state index contributed by atoms with van der Waals surface area (Å²) < 4.78 is 0. The van der Waals surface area contributed by atoms with Crippen LogP contribution < -0.4 is 0 Å². The third-order valence-corrected chi connectivity index (χ3v) is 4.41. The van der Waals surface area contributed by atoms with Crippen molar-refractivity contribution >= 4 is 5.97 Å². The third-order valence-electron chi connectivity index (χ3n) is 4.41. The zero-order valence-electron chi connectivity index (χ0n) is 10.5. The third kappa shape index (κ3) is 2.80. The average molecular weight is 241 g/mol. The lowest BCUT2D eigenvalue weighted by molar-refractivity contribution is -0.143. The Morgan fingerprint density at radius 1 is 1.24 bits per heavy atom. The zero-order valence-corrected chi connectivity index (χ0v) is 10.5. The molecular weight excluding hydrogens is 218 g/mol. The van der Waals surface area contributed by atoms with Gasteiger partial charge in [-0.1, -0.05) is 0 Å². The molecule has 1 aliphatic heterocycles. The molecule has 2 atom stereocenters. The first-order valence-corrected chi connectivity index (χ1v) is 6.76. The second kappa shape index (κ2) is 5.36. The SMILES string of the molecule is C[C@@H](O)[C@H]1CCCN1C1CCC(C(=O)O)CC1. The Labute approximate surface area is 103 Å². The van der Waals surface area contributed by atoms with Crippen molar-refractivity contribution in [2.45, 2.75) is 63.6 Å². The minimum absolute atomic E-state index is 0.140. The molecule has 98 valence electrons. The van der Waals surface area contributed by atoms with E-state index in [0.717, 1.165) is 45.1 Å². The van der Waals surface area contributed by atoms with Gasteiger partial charge >= 0.3 is 5.97 Å². The van der Waals surface area contributed by atoms with Crippen LogP contribution in [-0.2, 0) is 4.79 Å². The molecule has 0 amide bonds. The maximum absolute atomic E-state index is 10.9. The number of aliphatic hydroxyl groups is 1. The molecule has 0 bridgehead atoms. The van der Waals surface area contributed by atoms with Gasteiger partial charge in [0.15, 0.2) is 0 Å². The molecule has 0 aromatic heterocycles. The maximum atomic E-state index is 10.9. The molecule has 0 aromatic carbocycles. The fourth-order valence-electron chi connectivity index (χ4n) is 3.44. The Morgan fingerprint density at radius 2 is 1.88 bits per heavy atom. The van der Waals surface area contributed by atoms with Gasteiger partial charge in [-0.25, -0.2) is 0 Å². The van der Waals surface area contributed by atoms with Gasteiger partial charge in [-0.15, -0.1) is 0 Å². The molecule has 4 nitrogen and oxygen atoms in total. The van der Waals surface area contributed by atoms with E-state index in [1.807, 2.05) is 6.92 Å². The molecule has 1 heterocycles.